The number of carbonyl (C=O) groups is 1. The molecule has 0 bridgehead atoms. The van der Waals surface area contributed by atoms with Gasteiger partial charge >= 0.3 is 5.91 Å². The monoisotopic (exact) mass is 293 g/mol. The Morgan fingerprint density at radius 2 is 2.29 bits per heavy atom. The highest BCUT2D eigenvalue weighted by Gasteiger charge is 2.19. The van der Waals surface area contributed by atoms with Crippen LogP contribution in [0.25, 0.3) is 0 Å². The van der Waals surface area contributed by atoms with Crippen LogP contribution in [0, 0.1) is 12.8 Å². The maximum atomic E-state index is 11.5. The van der Waals surface area contributed by atoms with Crippen LogP contribution in [-0.4, -0.2) is 23.9 Å². The Labute approximate surface area is 126 Å². The van der Waals surface area contributed by atoms with Crippen LogP contribution in [0.1, 0.15) is 60.9 Å². The van der Waals surface area contributed by atoms with Crippen molar-refractivity contribution in [1.82, 2.24) is 10.3 Å². The maximum absolute atomic E-state index is 11.5. The fourth-order valence-corrected chi connectivity index (χ4v) is 3.18. The van der Waals surface area contributed by atoms with Gasteiger partial charge in [0, 0.05) is 12.1 Å². The Kier molecular flexibility index (Phi) is 5.82. The second-order valence-corrected chi connectivity index (χ2v) is 6.03. The predicted octanol–water partition coefficient (Wildman–Crippen LogP) is 2.59. The quantitative estimate of drug-likeness (QED) is 0.497. The van der Waals surface area contributed by atoms with Crippen LogP contribution in [0.5, 0.6) is 0 Å². The van der Waals surface area contributed by atoms with Gasteiger partial charge in [-0.25, -0.2) is 5.84 Å². The van der Waals surface area contributed by atoms with Crippen LogP contribution >= 0.6 is 0 Å². The van der Waals surface area contributed by atoms with Gasteiger partial charge in [0.15, 0.2) is 5.76 Å². The highest BCUT2D eigenvalue weighted by Crippen LogP contribution is 2.24. The van der Waals surface area contributed by atoms with E-state index in [2.05, 4.69) is 17.2 Å². The van der Waals surface area contributed by atoms with Gasteiger partial charge in [-0.3, -0.25) is 15.1 Å². The van der Waals surface area contributed by atoms with Gasteiger partial charge in [-0.1, -0.05) is 19.8 Å². The molecular weight excluding hydrogens is 266 g/mol. The molecule has 1 saturated heterocycles. The van der Waals surface area contributed by atoms with E-state index < -0.39 is 0 Å². The summed E-state index contributed by atoms with van der Waals surface area (Å²) >= 11 is 0. The number of rotatable bonds is 5. The summed E-state index contributed by atoms with van der Waals surface area (Å²) in [5.41, 5.74) is 3.19. The molecule has 0 saturated carbocycles. The summed E-state index contributed by atoms with van der Waals surface area (Å²) in [5, 5.41) is 0. The number of nitrogens with zero attached hydrogens (tertiary/aromatic N) is 1. The van der Waals surface area contributed by atoms with Crippen molar-refractivity contribution in [2.45, 2.75) is 52.5 Å². The van der Waals surface area contributed by atoms with Gasteiger partial charge in [-0.15, -0.1) is 0 Å². The Morgan fingerprint density at radius 3 is 3.00 bits per heavy atom. The Balaban J connectivity index is 1.95. The molecule has 0 radical (unpaired) electrons. The van der Waals surface area contributed by atoms with Gasteiger partial charge < -0.3 is 4.42 Å². The van der Waals surface area contributed by atoms with E-state index in [1.54, 1.807) is 0 Å². The fraction of sp³-hybridized carbons (Fsp3) is 0.688. The largest absolute Gasteiger partial charge is 0.456 e. The minimum Gasteiger partial charge on any atom is -0.456 e. The third kappa shape index (κ3) is 4.32. The summed E-state index contributed by atoms with van der Waals surface area (Å²) in [5.74, 6) is 6.75. The lowest BCUT2D eigenvalue weighted by Gasteiger charge is -2.19. The fourth-order valence-electron chi connectivity index (χ4n) is 3.18. The van der Waals surface area contributed by atoms with E-state index in [1.807, 2.05) is 13.0 Å². The first-order chi connectivity index (χ1) is 10.1. The van der Waals surface area contributed by atoms with E-state index in [0.717, 1.165) is 36.9 Å². The molecule has 0 spiro atoms. The summed E-state index contributed by atoms with van der Waals surface area (Å²) in [6.07, 6.45) is 6.51. The van der Waals surface area contributed by atoms with E-state index >= 15 is 0 Å². The lowest BCUT2D eigenvalue weighted by molar-refractivity contribution is 0.0924. The SMILES string of the molecule is CCCC1CCCN(Cc2cc(C(=O)NN)oc2C)CC1. The number of furan rings is 1. The van der Waals surface area contributed by atoms with Crippen molar-refractivity contribution in [2.24, 2.45) is 11.8 Å². The van der Waals surface area contributed by atoms with Crippen molar-refractivity contribution in [3.05, 3.63) is 23.2 Å². The molecule has 1 amide bonds. The maximum Gasteiger partial charge on any atom is 0.300 e. The molecule has 118 valence electrons. The number of nitrogen functional groups attached to an aromatic ring is 1. The Hall–Kier alpha value is -1.33. The Bertz CT molecular complexity index is 470. The normalized spacial score (nSPS) is 20.2. The van der Waals surface area contributed by atoms with Crippen molar-refractivity contribution < 1.29 is 9.21 Å². The zero-order valence-corrected chi connectivity index (χ0v) is 13.2. The number of nitrogens with one attached hydrogen (secondary N) is 1. The summed E-state index contributed by atoms with van der Waals surface area (Å²) in [4.78, 5) is 14.0. The average molecular weight is 293 g/mol. The van der Waals surface area contributed by atoms with Crippen LogP contribution in [-0.2, 0) is 6.54 Å². The Morgan fingerprint density at radius 1 is 1.48 bits per heavy atom. The number of amides is 1. The summed E-state index contributed by atoms with van der Waals surface area (Å²) in [7, 11) is 0. The number of hydrogen-bond acceptors (Lipinski definition) is 4. The van der Waals surface area contributed by atoms with Crippen LogP contribution in [0.3, 0.4) is 0 Å². The molecule has 21 heavy (non-hydrogen) atoms. The topological polar surface area (TPSA) is 71.5 Å². The van der Waals surface area contributed by atoms with E-state index in [9.17, 15) is 4.79 Å². The molecule has 5 nitrogen and oxygen atoms in total. The molecule has 1 aliphatic rings. The van der Waals surface area contributed by atoms with Crippen molar-refractivity contribution in [2.75, 3.05) is 13.1 Å². The predicted molar refractivity (Wildman–Crippen MR) is 82.6 cm³/mol. The summed E-state index contributed by atoms with van der Waals surface area (Å²) in [6, 6.07) is 1.81. The lowest BCUT2D eigenvalue weighted by atomic mass is 9.96. The molecule has 3 N–H and O–H groups in total. The third-order valence-corrected chi connectivity index (χ3v) is 4.41. The molecular formula is C16H27N3O2. The third-order valence-electron chi connectivity index (χ3n) is 4.41. The number of carbonyl (C=O) groups excluding carboxylic acids is 1. The van der Waals surface area contributed by atoms with Crippen molar-refractivity contribution >= 4 is 5.91 Å². The molecule has 1 unspecified atom stereocenters. The minimum atomic E-state index is -0.372. The smallest absolute Gasteiger partial charge is 0.300 e. The standard InChI is InChI=1S/C16H27N3O2/c1-3-5-13-6-4-8-19(9-7-13)11-14-10-15(16(20)18-17)21-12(14)2/h10,13H,3-9,11,17H2,1-2H3,(H,18,20). The molecule has 1 atom stereocenters. The first-order valence-corrected chi connectivity index (χ1v) is 7.96. The van der Waals surface area contributed by atoms with Gasteiger partial charge in [-0.2, -0.15) is 0 Å². The average Bonchev–Trinajstić information content (AvgIpc) is 2.70. The number of aryl methyl sites for hydroxylation is 1. The molecule has 5 heteroatoms. The number of hydrogen-bond donors (Lipinski definition) is 2. The van der Waals surface area contributed by atoms with Crippen LogP contribution < -0.4 is 11.3 Å². The van der Waals surface area contributed by atoms with Crippen LogP contribution in [0.15, 0.2) is 10.5 Å². The zero-order chi connectivity index (χ0) is 15.2. The lowest BCUT2D eigenvalue weighted by Crippen LogP contribution is -2.29. The summed E-state index contributed by atoms with van der Waals surface area (Å²) in [6.45, 7) is 7.28. The van der Waals surface area contributed by atoms with E-state index in [1.165, 1.54) is 32.1 Å². The molecule has 1 aromatic rings. The zero-order valence-electron chi connectivity index (χ0n) is 13.2. The van der Waals surface area contributed by atoms with Crippen molar-refractivity contribution in [3.8, 4) is 0 Å². The van der Waals surface area contributed by atoms with Gasteiger partial charge in [0.05, 0.1) is 0 Å². The molecule has 1 aliphatic heterocycles. The van der Waals surface area contributed by atoms with E-state index in [4.69, 9.17) is 10.3 Å². The van der Waals surface area contributed by atoms with Gasteiger partial charge in [-0.05, 0) is 51.3 Å². The minimum absolute atomic E-state index is 0.295. The first-order valence-electron chi connectivity index (χ1n) is 7.96. The number of nitrogens with two attached hydrogens (primary N) is 1. The van der Waals surface area contributed by atoms with Gasteiger partial charge in [0.25, 0.3) is 0 Å². The first kappa shape index (κ1) is 16.0. The molecule has 1 fully saturated rings. The highest BCUT2D eigenvalue weighted by molar-refractivity contribution is 5.91. The van der Waals surface area contributed by atoms with Gasteiger partial charge in [0.2, 0.25) is 0 Å². The number of likely N-dealkylation sites (tertiary alicyclic amines) is 1. The molecule has 1 aromatic heterocycles. The second-order valence-electron chi connectivity index (χ2n) is 6.03. The van der Waals surface area contributed by atoms with E-state index in [0.29, 0.717) is 5.76 Å². The van der Waals surface area contributed by atoms with Crippen LogP contribution in [0.4, 0.5) is 0 Å². The van der Waals surface area contributed by atoms with Crippen molar-refractivity contribution in [1.29, 1.82) is 0 Å². The highest BCUT2D eigenvalue weighted by atomic mass is 16.4. The van der Waals surface area contributed by atoms with Gasteiger partial charge in [0.1, 0.15) is 5.76 Å². The van der Waals surface area contributed by atoms with Crippen LogP contribution in [0.2, 0.25) is 0 Å². The van der Waals surface area contributed by atoms with Crippen molar-refractivity contribution in [3.63, 3.8) is 0 Å². The van der Waals surface area contributed by atoms with E-state index in [-0.39, 0.29) is 5.91 Å². The molecule has 2 rings (SSSR count). The number of hydrazine groups is 1. The molecule has 0 aromatic carbocycles. The molecule has 2 heterocycles. The second kappa shape index (κ2) is 7.61. The summed E-state index contributed by atoms with van der Waals surface area (Å²) < 4.78 is 5.48. The molecule has 0 aliphatic carbocycles.